The number of nitrogens with zero attached hydrogens (tertiary/aromatic N) is 2. The van der Waals surface area contributed by atoms with Crippen molar-refractivity contribution in [2.45, 2.75) is 6.42 Å². The number of hydrogen-bond acceptors (Lipinski definition) is 4. The number of hydrogen-bond donors (Lipinski definition) is 0. The van der Waals surface area contributed by atoms with E-state index in [4.69, 9.17) is 10.00 Å². The van der Waals surface area contributed by atoms with Gasteiger partial charge in [0.25, 0.3) is 0 Å². The molecular weight excluding hydrogens is 204 g/mol. The normalized spacial score (nSPS) is 9.31. The highest BCUT2D eigenvalue weighted by atomic mass is 16.5. The SMILES string of the molecule is CN(C)c1ccc(C#N)cc1OCCC=O. The van der Waals surface area contributed by atoms with E-state index < -0.39 is 0 Å². The molecule has 0 aromatic heterocycles. The lowest BCUT2D eigenvalue weighted by Crippen LogP contribution is -2.11. The number of carbonyl (C=O) groups excluding carboxylic acids is 1. The Bertz CT molecular complexity index is 408. The Balaban J connectivity index is 2.92. The predicted octanol–water partition coefficient (Wildman–Crippen LogP) is 1.59. The maximum absolute atomic E-state index is 10.2. The lowest BCUT2D eigenvalue weighted by atomic mass is 10.2. The molecule has 16 heavy (non-hydrogen) atoms. The van der Waals surface area contributed by atoms with Crippen molar-refractivity contribution in [2.24, 2.45) is 0 Å². The van der Waals surface area contributed by atoms with E-state index >= 15 is 0 Å². The lowest BCUT2D eigenvalue weighted by Gasteiger charge is -2.17. The van der Waals surface area contributed by atoms with Crippen LogP contribution in [0.3, 0.4) is 0 Å². The highest BCUT2D eigenvalue weighted by Crippen LogP contribution is 2.27. The number of benzene rings is 1. The van der Waals surface area contributed by atoms with Crippen LogP contribution in [0.2, 0.25) is 0 Å². The van der Waals surface area contributed by atoms with Crippen molar-refractivity contribution in [3.63, 3.8) is 0 Å². The Kier molecular flexibility index (Phi) is 4.34. The van der Waals surface area contributed by atoms with E-state index in [9.17, 15) is 4.79 Å². The summed E-state index contributed by atoms with van der Waals surface area (Å²) in [7, 11) is 3.79. The molecule has 1 rings (SSSR count). The van der Waals surface area contributed by atoms with E-state index in [1.807, 2.05) is 25.1 Å². The second-order valence-corrected chi connectivity index (χ2v) is 3.49. The second-order valence-electron chi connectivity index (χ2n) is 3.49. The zero-order valence-electron chi connectivity index (χ0n) is 9.43. The topological polar surface area (TPSA) is 53.3 Å². The molecule has 0 amide bonds. The summed E-state index contributed by atoms with van der Waals surface area (Å²) in [5, 5.41) is 8.79. The van der Waals surface area contributed by atoms with Gasteiger partial charge in [-0.15, -0.1) is 0 Å². The van der Waals surface area contributed by atoms with E-state index in [0.29, 0.717) is 24.3 Å². The number of rotatable bonds is 5. The Labute approximate surface area is 95.0 Å². The monoisotopic (exact) mass is 218 g/mol. The maximum atomic E-state index is 10.2. The molecule has 0 bridgehead atoms. The van der Waals surface area contributed by atoms with Crippen LogP contribution in [0.1, 0.15) is 12.0 Å². The number of ether oxygens (including phenoxy) is 1. The highest BCUT2D eigenvalue weighted by Gasteiger charge is 2.06. The van der Waals surface area contributed by atoms with Crippen molar-refractivity contribution in [1.29, 1.82) is 5.26 Å². The van der Waals surface area contributed by atoms with Gasteiger partial charge >= 0.3 is 0 Å². The summed E-state index contributed by atoms with van der Waals surface area (Å²) in [6.07, 6.45) is 1.16. The van der Waals surface area contributed by atoms with Crippen LogP contribution in [0.25, 0.3) is 0 Å². The van der Waals surface area contributed by atoms with Gasteiger partial charge in [0, 0.05) is 26.6 Å². The maximum Gasteiger partial charge on any atom is 0.143 e. The molecule has 0 saturated heterocycles. The average molecular weight is 218 g/mol. The molecule has 0 N–H and O–H groups in total. The van der Waals surface area contributed by atoms with Crippen LogP contribution in [-0.4, -0.2) is 27.0 Å². The summed E-state index contributed by atoms with van der Waals surface area (Å²) in [5.74, 6) is 0.630. The van der Waals surface area contributed by atoms with Crippen LogP contribution in [0.5, 0.6) is 5.75 Å². The van der Waals surface area contributed by atoms with Gasteiger partial charge in [-0.25, -0.2) is 0 Å². The van der Waals surface area contributed by atoms with Crippen molar-refractivity contribution < 1.29 is 9.53 Å². The zero-order chi connectivity index (χ0) is 12.0. The van der Waals surface area contributed by atoms with Gasteiger partial charge in [-0.1, -0.05) is 0 Å². The smallest absolute Gasteiger partial charge is 0.143 e. The largest absolute Gasteiger partial charge is 0.491 e. The van der Waals surface area contributed by atoms with Crippen molar-refractivity contribution in [1.82, 2.24) is 0 Å². The van der Waals surface area contributed by atoms with Gasteiger partial charge in [-0.05, 0) is 12.1 Å². The van der Waals surface area contributed by atoms with Crippen molar-refractivity contribution in [2.75, 3.05) is 25.6 Å². The molecule has 0 fully saturated rings. The van der Waals surface area contributed by atoms with E-state index in [1.54, 1.807) is 12.1 Å². The third kappa shape index (κ3) is 2.99. The molecule has 84 valence electrons. The highest BCUT2D eigenvalue weighted by molar-refractivity contribution is 5.60. The molecule has 0 radical (unpaired) electrons. The van der Waals surface area contributed by atoms with Gasteiger partial charge in [0.15, 0.2) is 0 Å². The van der Waals surface area contributed by atoms with Crippen molar-refractivity contribution >= 4 is 12.0 Å². The molecule has 1 aromatic carbocycles. The van der Waals surface area contributed by atoms with Crippen LogP contribution >= 0.6 is 0 Å². The summed E-state index contributed by atoms with van der Waals surface area (Å²) >= 11 is 0. The van der Waals surface area contributed by atoms with Crippen LogP contribution in [0.4, 0.5) is 5.69 Å². The summed E-state index contributed by atoms with van der Waals surface area (Å²) in [6, 6.07) is 7.30. The number of carbonyl (C=O) groups is 1. The third-order valence-corrected chi connectivity index (χ3v) is 2.06. The van der Waals surface area contributed by atoms with Gasteiger partial charge < -0.3 is 14.4 Å². The summed E-state index contributed by atoms with van der Waals surface area (Å²) in [6.45, 7) is 0.333. The van der Waals surface area contributed by atoms with E-state index in [-0.39, 0.29) is 0 Å². The van der Waals surface area contributed by atoms with Crippen LogP contribution in [-0.2, 0) is 4.79 Å². The molecule has 0 aliphatic carbocycles. The molecule has 4 nitrogen and oxygen atoms in total. The van der Waals surface area contributed by atoms with Crippen LogP contribution in [0.15, 0.2) is 18.2 Å². The first-order valence-electron chi connectivity index (χ1n) is 4.97. The Hall–Kier alpha value is -2.02. The predicted molar refractivity (Wildman–Crippen MR) is 61.7 cm³/mol. The first kappa shape index (κ1) is 12.1. The fourth-order valence-corrected chi connectivity index (χ4v) is 1.29. The Morgan fingerprint density at radius 3 is 2.81 bits per heavy atom. The molecule has 0 unspecified atom stereocenters. The number of aldehydes is 1. The minimum Gasteiger partial charge on any atom is -0.491 e. The minimum absolute atomic E-state index is 0.333. The fourth-order valence-electron chi connectivity index (χ4n) is 1.29. The van der Waals surface area contributed by atoms with Gasteiger partial charge in [-0.2, -0.15) is 5.26 Å². The summed E-state index contributed by atoms with van der Waals surface area (Å²) in [4.78, 5) is 12.1. The summed E-state index contributed by atoms with van der Waals surface area (Å²) in [5.41, 5.74) is 1.44. The van der Waals surface area contributed by atoms with Crippen LogP contribution < -0.4 is 9.64 Å². The molecular formula is C12H14N2O2. The third-order valence-electron chi connectivity index (χ3n) is 2.06. The molecule has 0 aliphatic rings. The quantitative estimate of drug-likeness (QED) is 0.556. The minimum atomic E-state index is 0.333. The van der Waals surface area contributed by atoms with E-state index in [1.165, 1.54) is 0 Å². The molecule has 0 spiro atoms. The fraction of sp³-hybridized carbons (Fsp3) is 0.333. The number of nitriles is 1. The molecule has 0 atom stereocenters. The first-order valence-corrected chi connectivity index (χ1v) is 4.97. The standard InChI is InChI=1S/C12H14N2O2/c1-14(2)11-5-4-10(9-13)8-12(11)16-7-3-6-15/h4-6,8H,3,7H2,1-2H3. The Morgan fingerprint density at radius 2 is 2.25 bits per heavy atom. The van der Waals surface area contributed by atoms with E-state index in [2.05, 4.69) is 6.07 Å². The van der Waals surface area contributed by atoms with Crippen LogP contribution in [0, 0.1) is 11.3 Å². The molecule has 0 heterocycles. The van der Waals surface area contributed by atoms with Gasteiger partial charge in [0.2, 0.25) is 0 Å². The average Bonchev–Trinajstić information content (AvgIpc) is 2.29. The van der Waals surface area contributed by atoms with Crippen molar-refractivity contribution in [3.8, 4) is 11.8 Å². The summed E-state index contributed by atoms with van der Waals surface area (Å²) < 4.78 is 5.46. The van der Waals surface area contributed by atoms with Crippen molar-refractivity contribution in [3.05, 3.63) is 23.8 Å². The lowest BCUT2D eigenvalue weighted by molar-refractivity contribution is -0.108. The van der Waals surface area contributed by atoms with E-state index in [0.717, 1.165) is 12.0 Å². The van der Waals surface area contributed by atoms with Gasteiger partial charge in [0.1, 0.15) is 12.0 Å². The molecule has 0 aliphatic heterocycles. The second kappa shape index (κ2) is 5.76. The first-order chi connectivity index (χ1) is 7.69. The Morgan fingerprint density at radius 1 is 1.50 bits per heavy atom. The molecule has 0 saturated carbocycles. The van der Waals surface area contributed by atoms with Gasteiger partial charge in [0.05, 0.1) is 23.9 Å². The van der Waals surface area contributed by atoms with Gasteiger partial charge in [-0.3, -0.25) is 0 Å². The zero-order valence-corrected chi connectivity index (χ0v) is 9.43. The molecule has 1 aromatic rings. The number of anilines is 1. The molecule has 4 heteroatoms.